The molecule has 0 bridgehead atoms. The van der Waals surface area contributed by atoms with Gasteiger partial charge in [-0.3, -0.25) is 9.89 Å². The van der Waals surface area contributed by atoms with Gasteiger partial charge in [0.25, 0.3) is 0 Å². The molecule has 1 rings (SSSR count). The molecule has 0 saturated carbocycles. The Morgan fingerprint density at radius 1 is 1.41 bits per heavy atom. The zero-order chi connectivity index (χ0) is 16.1. The van der Waals surface area contributed by atoms with Gasteiger partial charge >= 0.3 is 6.18 Å². The fourth-order valence-corrected chi connectivity index (χ4v) is 2.56. The molecule has 6 nitrogen and oxygen atoms in total. The molecular weight excluding hydrogens is 436 g/mol. The van der Waals surface area contributed by atoms with Gasteiger partial charge in [-0.2, -0.15) is 13.2 Å². The van der Waals surface area contributed by atoms with Crippen molar-refractivity contribution in [3.05, 3.63) is 0 Å². The van der Waals surface area contributed by atoms with Gasteiger partial charge in [-0.25, -0.2) is 8.42 Å². The van der Waals surface area contributed by atoms with Crippen molar-refractivity contribution in [2.45, 2.75) is 18.6 Å². The number of likely N-dealkylation sites (tertiary alicyclic amines) is 1. The van der Waals surface area contributed by atoms with Crippen LogP contribution in [0.15, 0.2) is 4.99 Å². The van der Waals surface area contributed by atoms with E-state index in [0.717, 1.165) is 6.26 Å². The van der Waals surface area contributed by atoms with Crippen molar-refractivity contribution in [1.82, 2.24) is 15.5 Å². The maximum absolute atomic E-state index is 12.3. The van der Waals surface area contributed by atoms with Crippen molar-refractivity contribution in [2.75, 3.05) is 45.2 Å². The van der Waals surface area contributed by atoms with E-state index in [4.69, 9.17) is 0 Å². The van der Waals surface area contributed by atoms with Crippen molar-refractivity contribution in [3.63, 3.8) is 0 Å². The van der Waals surface area contributed by atoms with Crippen LogP contribution < -0.4 is 10.6 Å². The van der Waals surface area contributed by atoms with E-state index in [1.807, 2.05) is 0 Å². The molecule has 0 aliphatic carbocycles. The zero-order valence-electron chi connectivity index (χ0n) is 12.5. The first-order chi connectivity index (χ1) is 9.59. The lowest BCUT2D eigenvalue weighted by atomic mass is 10.3. The Kier molecular flexibility index (Phi) is 8.98. The Morgan fingerprint density at radius 3 is 2.55 bits per heavy atom. The number of sulfone groups is 1. The summed E-state index contributed by atoms with van der Waals surface area (Å²) in [7, 11) is -1.54. The molecule has 2 N–H and O–H groups in total. The molecule has 1 fully saturated rings. The summed E-state index contributed by atoms with van der Waals surface area (Å²) >= 11 is 0. The second-order valence-corrected chi connectivity index (χ2v) is 7.37. The number of nitrogens with zero attached hydrogens (tertiary/aromatic N) is 2. The van der Waals surface area contributed by atoms with E-state index < -0.39 is 22.6 Å². The van der Waals surface area contributed by atoms with Gasteiger partial charge in [0.2, 0.25) is 0 Å². The van der Waals surface area contributed by atoms with Crippen LogP contribution >= 0.6 is 24.0 Å². The lowest BCUT2D eigenvalue weighted by Gasteiger charge is -2.19. The van der Waals surface area contributed by atoms with E-state index in [1.165, 1.54) is 11.9 Å². The second kappa shape index (κ2) is 9.11. The normalized spacial score (nSPS) is 20.6. The highest BCUT2D eigenvalue weighted by Crippen LogP contribution is 2.19. The lowest BCUT2D eigenvalue weighted by Crippen LogP contribution is -2.46. The summed E-state index contributed by atoms with van der Waals surface area (Å²) < 4.78 is 58.9. The number of aliphatic imine (C=N–C) groups is 1. The van der Waals surface area contributed by atoms with Crippen LogP contribution in [0.25, 0.3) is 0 Å². The number of hydrogen-bond acceptors (Lipinski definition) is 4. The van der Waals surface area contributed by atoms with Gasteiger partial charge in [0.15, 0.2) is 5.96 Å². The van der Waals surface area contributed by atoms with Crippen molar-refractivity contribution >= 4 is 39.8 Å². The molecule has 0 radical (unpaired) electrons. The largest absolute Gasteiger partial charge is 0.401 e. The SMILES string of the molecule is CN=C(NCCS(C)(=O)=O)NC1CCN(CC(F)(F)F)C1.I. The Bertz CT molecular complexity index is 470. The maximum Gasteiger partial charge on any atom is 0.401 e. The van der Waals surface area contributed by atoms with Gasteiger partial charge in [-0.1, -0.05) is 0 Å². The molecule has 0 spiro atoms. The van der Waals surface area contributed by atoms with Crippen LogP contribution in [0.1, 0.15) is 6.42 Å². The third kappa shape index (κ3) is 9.66. The summed E-state index contributed by atoms with van der Waals surface area (Å²) in [5, 5.41) is 5.84. The number of halogens is 4. The van der Waals surface area contributed by atoms with Crippen LogP contribution in [0.3, 0.4) is 0 Å². The predicted octanol–water partition coefficient (Wildman–Crippen LogP) is 0.451. The molecule has 0 amide bonds. The summed E-state index contributed by atoms with van der Waals surface area (Å²) in [6.45, 7) is -0.0490. The smallest absolute Gasteiger partial charge is 0.355 e. The molecule has 1 atom stereocenters. The summed E-state index contributed by atoms with van der Waals surface area (Å²) in [6, 6.07) is -0.128. The highest BCUT2D eigenvalue weighted by molar-refractivity contribution is 14.0. The van der Waals surface area contributed by atoms with Crippen LogP contribution in [0.4, 0.5) is 13.2 Å². The molecule has 1 aliphatic rings. The fourth-order valence-electron chi connectivity index (χ4n) is 2.09. The first kappa shape index (κ1) is 21.7. The Morgan fingerprint density at radius 2 is 2.05 bits per heavy atom. The highest BCUT2D eigenvalue weighted by Gasteiger charge is 2.34. The minimum Gasteiger partial charge on any atom is -0.355 e. The van der Waals surface area contributed by atoms with Crippen molar-refractivity contribution < 1.29 is 21.6 Å². The van der Waals surface area contributed by atoms with E-state index in [2.05, 4.69) is 15.6 Å². The monoisotopic (exact) mass is 458 g/mol. The number of hydrogen-bond donors (Lipinski definition) is 2. The predicted molar refractivity (Wildman–Crippen MR) is 90.5 cm³/mol. The Balaban J connectivity index is 0.00000441. The molecule has 1 aliphatic heterocycles. The highest BCUT2D eigenvalue weighted by atomic mass is 127. The summed E-state index contributed by atoms with van der Waals surface area (Å²) in [4.78, 5) is 5.26. The second-order valence-electron chi connectivity index (χ2n) is 5.11. The Hall–Kier alpha value is -0.300. The number of nitrogens with one attached hydrogen (secondary N) is 2. The van der Waals surface area contributed by atoms with Gasteiger partial charge in [-0.05, 0) is 6.42 Å². The minimum absolute atomic E-state index is 0. The van der Waals surface area contributed by atoms with Gasteiger partial charge < -0.3 is 10.6 Å². The summed E-state index contributed by atoms with van der Waals surface area (Å²) in [6.07, 6.45) is -2.47. The molecule has 1 heterocycles. The average molecular weight is 458 g/mol. The molecule has 132 valence electrons. The molecule has 1 unspecified atom stereocenters. The average Bonchev–Trinajstić information content (AvgIpc) is 2.71. The first-order valence-corrected chi connectivity index (χ1v) is 8.59. The van der Waals surface area contributed by atoms with Gasteiger partial charge in [0.05, 0.1) is 12.3 Å². The van der Waals surface area contributed by atoms with Gasteiger partial charge in [0.1, 0.15) is 9.84 Å². The molecule has 1 saturated heterocycles. The van der Waals surface area contributed by atoms with Crippen molar-refractivity contribution in [1.29, 1.82) is 0 Å². The van der Waals surface area contributed by atoms with Crippen LogP contribution in [-0.4, -0.2) is 76.7 Å². The topological polar surface area (TPSA) is 73.8 Å². The number of guanidine groups is 1. The molecule has 0 aromatic carbocycles. The zero-order valence-corrected chi connectivity index (χ0v) is 15.6. The van der Waals surface area contributed by atoms with E-state index in [9.17, 15) is 21.6 Å². The lowest BCUT2D eigenvalue weighted by molar-refractivity contribution is -0.143. The Labute approximate surface area is 145 Å². The van der Waals surface area contributed by atoms with Crippen molar-refractivity contribution in [2.24, 2.45) is 4.99 Å². The van der Waals surface area contributed by atoms with Gasteiger partial charge in [-0.15, -0.1) is 24.0 Å². The van der Waals surface area contributed by atoms with Crippen molar-refractivity contribution in [3.8, 4) is 0 Å². The first-order valence-electron chi connectivity index (χ1n) is 6.53. The summed E-state index contributed by atoms with van der Waals surface area (Å²) in [5.74, 6) is 0.371. The third-order valence-corrected chi connectivity index (χ3v) is 3.95. The maximum atomic E-state index is 12.3. The molecule has 0 aromatic heterocycles. The molecule has 0 aromatic rings. The standard InChI is InChI=1S/C11H21F3N4O2S.HI/c1-15-10(16-4-6-21(2,19)20)17-9-3-5-18(7-9)8-11(12,13)14;/h9H,3-8H2,1-2H3,(H2,15,16,17);1H. The molecule has 22 heavy (non-hydrogen) atoms. The van der Waals surface area contributed by atoms with E-state index in [1.54, 1.807) is 0 Å². The van der Waals surface area contributed by atoms with Crippen LogP contribution in [0.5, 0.6) is 0 Å². The third-order valence-electron chi connectivity index (χ3n) is 3.01. The van der Waals surface area contributed by atoms with E-state index in [-0.39, 0.29) is 48.9 Å². The minimum atomic E-state index is -4.19. The number of alkyl halides is 3. The molecule has 11 heteroatoms. The molecular formula is C11H22F3IN4O2S. The van der Waals surface area contributed by atoms with E-state index in [0.29, 0.717) is 18.9 Å². The van der Waals surface area contributed by atoms with Crippen LogP contribution in [-0.2, 0) is 9.84 Å². The fraction of sp³-hybridized carbons (Fsp3) is 0.909. The summed E-state index contributed by atoms with van der Waals surface area (Å²) in [5.41, 5.74) is 0. The van der Waals surface area contributed by atoms with E-state index >= 15 is 0 Å². The van der Waals surface area contributed by atoms with Crippen LogP contribution in [0, 0.1) is 0 Å². The van der Waals surface area contributed by atoms with Gasteiger partial charge in [0, 0.05) is 39.0 Å². The quantitative estimate of drug-likeness (QED) is 0.356. The van der Waals surface area contributed by atoms with Crippen LogP contribution in [0.2, 0.25) is 0 Å². The number of rotatable bonds is 5.